The van der Waals surface area contributed by atoms with Crippen molar-refractivity contribution < 1.29 is 16.8 Å². The maximum Gasteiger partial charge on any atom is 0.243 e. The van der Waals surface area contributed by atoms with Crippen LogP contribution in [0.4, 0.5) is 0 Å². The van der Waals surface area contributed by atoms with Crippen molar-refractivity contribution in [1.29, 1.82) is 0 Å². The predicted octanol–water partition coefficient (Wildman–Crippen LogP) is 7.24. The zero-order chi connectivity index (χ0) is 28.9. The van der Waals surface area contributed by atoms with Crippen LogP contribution in [-0.2, 0) is 33.1 Å². The summed E-state index contributed by atoms with van der Waals surface area (Å²) in [4.78, 5) is 0.229. The molecule has 220 valence electrons. The summed E-state index contributed by atoms with van der Waals surface area (Å²) in [7, 11) is -7.69. The highest BCUT2D eigenvalue weighted by Gasteiger charge is 2.34. The molecule has 0 amide bonds. The van der Waals surface area contributed by atoms with Crippen molar-refractivity contribution in [3.05, 3.63) is 95.0 Å². The SMILES string of the molecule is O=S(=O)(c1ccc(S(=O)(=O)N(Cc2ccc(Cl)cc2)C2CCCC2)cc1)N(Cc1ccccc1)CC1CCCCC1. The van der Waals surface area contributed by atoms with E-state index < -0.39 is 20.0 Å². The van der Waals surface area contributed by atoms with Crippen LogP contribution >= 0.6 is 11.6 Å². The standard InChI is InChI=1S/C32H39ClN2O4S2/c33-29-17-15-28(16-18-29)25-35(30-13-7-8-14-30)41(38,39)32-21-19-31(20-22-32)40(36,37)34(23-26-9-3-1-4-10-26)24-27-11-5-2-6-12-27/h1,3-4,9-10,15-22,27,30H,2,5-8,11-14,23-25H2. The molecule has 0 unspecified atom stereocenters. The first-order valence-corrected chi connectivity index (χ1v) is 17.9. The quantitative estimate of drug-likeness (QED) is 0.228. The van der Waals surface area contributed by atoms with Crippen molar-refractivity contribution in [3.63, 3.8) is 0 Å². The second kappa shape index (κ2) is 13.4. The summed E-state index contributed by atoms with van der Waals surface area (Å²) in [5, 5.41) is 0.602. The van der Waals surface area contributed by atoms with Crippen LogP contribution in [0, 0.1) is 5.92 Å². The molecule has 2 aliphatic carbocycles. The molecule has 41 heavy (non-hydrogen) atoms. The Morgan fingerprint density at radius 3 is 1.76 bits per heavy atom. The molecule has 6 nitrogen and oxygen atoms in total. The summed E-state index contributed by atoms with van der Waals surface area (Å²) in [5.74, 6) is 0.328. The van der Waals surface area contributed by atoms with Gasteiger partial charge in [-0.2, -0.15) is 8.61 Å². The van der Waals surface area contributed by atoms with Crippen LogP contribution in [-0.4, -0.2) is 38.0 Å². The van der Waals surface area contributed by atoms with Gasteiger partial charge in [0.1, 0.15) is 0 Å². The van der Waals surface area contributed by atoms with Gasteiger partial charge in [-0.25, -0.2) is 16.8 Å². The Bertz CT molecular complexity index is 1480. The number of benzene rings is 3. The summed E-state index contributed by atoms with van der Waals surface area (Å²) in [6.07, 6.45) is 9.14. The average Bonchev–Trinajstić information content (AvgIpc) is 3.52. The molecule has 2 aliphatic rings. The smallest absolute Gasteiger partial charge is 0.207 e. The first-order valence-electron chi connectivity index (χ1n) is 14.6. The first kappa shape index (κ1) is 30.2. The predicted molar refractivity (Wildman–Crippen MR) is 163 cm³/mol. The third-order valence-electron chi connectivity index (χ3n) is 8.44. The lowest BCUT2D eigenvalue weighted by Crippen LogP contribution is -2.38. The van der Waals surface area contributed by atoms with E-state index in [9.17, 15) is 16.8 Å². The molecule has 9 heteroatoms. The molecule has 0 heterocycles. The molecule has 3 aromatic carbocycles. The Labute approximate surface area is 250 Å². The van der Waals surface area contributed by atoms with Crippen LogP contribution in [0.25, 0.3) is 0 Å². The summed E-state index contributed by atoms with van der Waals surface area (Å²) in [6.45, 7) is 1.00. The third kappa shape index (κ3) is 7.41. The van der Waals surface area contributed by atoms with E-state index in [1.54, 1.807) is 20.7 Å². The van der Waals surface area contributed by atoms with Crippen molar-refractivity contribution in [1.82, 2.24) is 8.61 Å². The van der Waals surface area contributed by atoms with Crippen molar-refractivity contribution in [2.75, 3.05) is 6.54 Å². The maximum atomic E-state index is 13.9. The monoisotopic (exact) mass is 614 g/mol. The minimum Gasteiger partial charge on any atom is -0.207 e. The molecule has 2 fully saturated rings. The molecule has 0 radical (unpaired) electrons. The van der Waals surface area contributed by atoms with E-state index in [1.807, 2.05) is 42.5 Å². The second-order valence-corrected chi connectivity index (χ2v) is 15.6. The number of sulfonamides is 2. The van der Waals surface area contributed by atoms with Crippen LogP contribution in [0.1, 0.15) is 68.9 Å². The highest BCUT2D eigenvalue weighted by atomic mass is 35.5. The molecule has 5 rings (SSSR count). The lowest BCUT2D eigenvalue weighted by molar-refractivity contribution is 0.275. The molecule has 0 aliphatic heterocycles. The van der Waals surface area contributed by atoms with Crippen LogP contribution in [0.3, 0.4) is 0 Å². The van der Waals surface area contributed by atoms with Gasteiger partial charge in [0.15, 0.2) is 0 Å². The molecule has 3 aromatic rings. The Balaban J connectivity index is 1.41. The molecule has 2 saturated carbocycles. The van der Waals surface area contributed by atoms with Crippen molar-refractivity contribution >= 4 is 31.6 Å². The fraction of sp³-hybridized carbons (Fsp3) is 0.438. The normalized spacial score (nSPS) is 17.4. The number of nitrogens with zero attached hydrogens (tertiary/aromatic N) is 2. The number of hydrogen-bond donors (Lipinski definition) is 0. The van der Waals surface area contributed by atoms with Gasteiger partial charge in [-0.05, 0) is 79.1 Å². The van der Waals surface area contributed by atoms with E-state index >= 15 is 0 Å². The van der Waals surface area contributed by atoms with Crippen molar-refractivity contribution in [2.24, 2.45) is 5.92 Å². The number of halogens is 1. The zero-order valence-electron chi connectivity index (χ0n) is 23.4. The van der Waals surface area contributed by atoms with Gasteiger partial charge >= 0.3 is 0 Å². The Hall–Kier alpha value is -2.23. The molecule has 0 spiro atoms. The minimum absolute atomic E-state index is 0.0871. The Morgan fingerprint density at radius 2 is 1.15 bits per heavy atom. The van der Waals surface area contributed by atoms with E-state index in [-0.39, 0.29) is 28.9 Å². The van der Waals surface area contributed by atoms with E-state index in [2.05, 4.69) is 0 Å². The number of hydrogen-bond acceptors (Lipinski definition) is 4. The highest BCUT2D eigenvalue weighted by Crippen LogP contribution is 2.32. The number of rotatable bonds is 11. The Morgan fingerprint density at radius 1 is 0.610 bits per heavy atom. The van der Waals surface area contributed by atoms with Gasteiger partial charge in [0.05, 0.1) is 9.79 Å². The maximum absolute atomic E-state index is 13.9. The second-order valence-electron chi connectivity index (χ2n) is 11.4. The van der Waals surface area contributed by atoms with E-state index in [1.165, 1.54) is 30.7 Å². The van der Waals surface area contributed by atoms with Gasteiger partial charge in [0.25, 0.3) is 0 Å². The van der Waals surface area contributed by atoms with Gasteiger partial charge in [-0.3, -0.25) is 0 Å². The van der Waals surface area contributed by atoms with Crippen molar-refractivity contribution in [3.8, 4) is 0 Å². The van der Waals surface area contributed by atoms with E-state index in [0.29, 0.717) is 17.5 Å². The summed E-state index contributed by atoms with van der Waals surface area (Å²) >= 11 is 6.05. The molecule has 0 aromatic heterocycles. The average molecular weight is 615 g/mol. The fourth-order valence-corrected chi connectivity index (χ4v) is 9.44. The molecule has 0 saturated heterocycles. The Kier molecular flexibility index (Phi) is 9.87. The van der Waals surface area contributed by atoms with Gasteiger partial charge in [0.2, 0.25) is 20.0 Å². The largest absolute Gasteiger partial charge is 0.243 e. The van der Waals surface area contributed by atoms with E-state index in [0.717, 1.165) is 62.5 Å². The van der Waals surface area contributed by atoms with Crippen LogP contribution in [0.5, 0.6) is 0 Å². The van der Waals surface area contributed by atoms with Gasteiger partial charge in [-0.15, -0.1) is 0 Å². The van der Waals surface area contributed by atoms with Gasteiger partial charge < -0.3 is 0 Å². The van der Waals surface area contributed by atoms with Gasteiger partial charge in [-0.1, -0.05) is 86.2 Å². The fourth-order valence-electron chi connectivity index (χ4n) is 6.13. The third-order valence-corrected chi connectivity index (χ3v) is 12.4. The molecule has 0 bridgehead atoms. The highest BCUT2D eigenvalue weighted by molar-refractivity contribution is 7.89. The topological polar surface area (TPSA) is 74.8 Å². The van der Waals surface area contributed by atoms with E-state index in [4.69, 9.17) is 11.6 Å². The molecular formula is C32H39ClN2O4S2. The molecule has 0 N–H and O–H groups in total. The van der Waals surface area contributed by atoms with Crippen LogP contribution in [0.2, 0.25) is 5.02 Å². The van der Waals surface area contributed by atoms with Gasteiger partial charge in [0, 0.05) is 30.7 Å². The summed E-state index contributed by atoms with van der Waals surface area (Å²) < 4.78 is 58.9. The molecule has 0 atom stereocenters. The van der Waals surface area contributed by atoms with Crippen LogP contribution < -0.4 is 0 Å². The lowest BCUT2D eigenvalue weighted by atomic mass is 9.89. The minimum atomic E-state index is -3.85. The summed E-state index contributed by atoms with van der Waals surface area (Å²) in [6, 6.07) is 22.6. The summed E-state index contributed by atoms with van der Waals surface area (Å²) in [5.41, 5.74) is 1.80. The zero-order valence-corrected chi connectivity index (χ0v) is 25.8. The lowest BCUT2D eigenvalue weighted by Gasteiger charge is -2.30. The van der Waals surface area contributed by atoms with Crippen molar-refractivity contribution in [2.45, 2.75) is 86.7 Å². The molecular weight excluding hydrogens is 576 g/mol. The first-order chi connectivity index (χ1) is 19.7. The van der Waals surface area contributed by atoms with Crippen LogP contribution in [0.15, 0.2) is 88.7 Å².